The molecule has 1 heterocycles. The molecule has 0 N–H and O–H groups in total. The predicted molar refractivity (Wildman–Crippen MR) is 52.1 cm³/mol. The van der Waals surface area contributed by atoms with E-state index in [1.807, 2.05) is 0 Å². The van der Waals surface area contributed by atoms with E-state index in [0.29, 0.717) is 5.69 Å². The van der Waals surface area contributed by atoms with Gasteiger partial charge in [-0.15, -0.1) is 0 Å². The molecule has 0 aliphatic rings. The Balaban J connectivity index is 2.92. The van der Waals surface area contributed by atoms with Crippen molar-refractivity contribution in [2.24, 2.45) is 0 Å². The van der Waals surface area contributed by atoms with Gasteiger partial charge in [0, 0.05) is 5.75 Å². The molecular weight excluding hydrogens is 206 g/mol. The van der Waals surface area contributed by atoms with Gasteiger partial charge in [-0.05, 0) is 12.1 Å². The summed E-state index contributed by atoms with van der Waals surface area (Å²) in [5, 5.41) is 0.113. The number of rotatable bonds is 1. The maximum Gasteiger partial charge on any atom is 0.149 e. The first-order valence-corrected chi connectivity index (χ1v) is 4.55. The molecule has 0 aliphatic carbocycles. The summed E-state index contributed by atoms with van der Waals surface area (Å²) < 4.78 is 26.5. The monoisotopic (exact) mass is 212 g/mol. The minimum atomic E-state index is -0.549. The first-order valence-electron chi connectivity index (χ1n) is 3.92. The van der Waals surface area contributed by atoms with Crippen LogP contribution in [0.25, 0.3) is 10.9 Å². The number of hydrogen-bond acceptors (Lipinski definition) is 3. The maximum absolute atomic E-state index is 13.3. The fraction of sp³-hybridized carbons (Fsp3) is 0.111. The van der Waals surface area contributed by atoms with E-state index in [1.165, 1.54) is 6.33 Å². The molecule has 0 bridgehead atoms. The number of benzene rings is 1. The van der Waals surface area contributed by atoms with Crippen molar-refractivity contribution in [3.05, 3.63) is 35.8 Å². The molecule has 2 nitrogen and oxygen atoms in total. The lowest BCUT2D eigenvalue weighted by Gasteiger charge is -2.03. The number of halogens is 2. The van der Waals surface area contributed by atoms with Crippen LogP contribution in [0.3, 0.4) is 0 Å². The van der Waals surface area contributed by atoms with Crippen LogP contribution in [0.5, 0.6) is 0 Å². The van der Waals surface area contributed by atoms with Crippen LogP contribution in [0.4, 0.5) is 8.78 Å². The highest BCUT2D eigenvalue weighted by Gasteiger charge is 2.11. The largest absolute Gasteiger partial charge is 0.240 e. The van der Waals surface area contributed by atoms with E-state index in [0.717, 1.165) is 12.1 Å². The highest BCUT2D eigenvalue weighted by molar-refractivity contribution is 7.79. The molecule has 2 rings (SSSR count). The van der Waals surface area contributed by atoms with Crippen molar-refractivity contribution < 1.29 is 8.78 Å². The number of fused-ring (bicyclic) bond motifs is 1. The van der Waals surface area contributed by atoms with Crippen LogP contribution >= 0.6 is 12.6 Å². The summed E-state index contributed by atoms with van der Waals surface area (Å²) in [6.07, 6.45) is 1.20. The van der Waals surface area contributed by atoms with Crippen LogP contribution in [0.1, 0.15) is 5.69 Å². The first-order chi connectivity index (χ1) is 6.74. The lowest BCUT2D eigenvalue weighted by Crippen LogP contribution is -1.95. The van der Waals surface area contributed by atoms with Crippen molar-refractivity contribution in [3.63, 3.8) is 0 Å². The first kappa shape index (κ1) is 9.33. The molecule has 0 saturated heterocycles. The highest BCUT2D eigenvalue weighted by atomic mass is 32.1. The maximum atomic E-state index is 13.3. The van der Waals surface area contributed by atoms with Crippen LogP contribution in [0.2, 0.25) is 0 Å². The summed E-state index contributed by atoms with van der Waals surface area (Å²) in [5.74, 6) is -0.822. The van der Waals surface area contributed by atoms with Crippen molar-refractivity contribution in [1.29, 1.82) is 0 Å². The fourth-order valence-electron chi connectivity index (χ4n) is 1.28. The Kier molecular flexibility index (Phi) is 2.33. The predicted octanol–water partition coefficient (Wildman–Crippen LogP) is 2.34. The van der Waals surface area contributed by atoms with Gasteiger partial charge in [-0.3, -0.25) is 0 Å². The van der Waals surface area contributed by atoms with Gasteiger partial charge in [-0.1, -0.05) is 0 Å². The summed E-state index contributed by atoms with van der Waals surface area (Å²) in [5.41, 5.74) is 0.402. The Morgan fingerprint density at radius 2 is 1.86 bits per heavy atom. The zero-order valence-corrected chi connectivity index (χ0v) is 7.93. The number of aromatic nitrogens is 2. The van der Waals surface area contributed by atoms with Gasteiger partial charge < -0.3 is 0 Å². The van der Waals surface area contributed by atoms with Crippen LogP contribution in [0, 0.1) is 11.6 Å². The van der Waals surface area contributed by atoms with Crippen LogP contribution in [0.15, 0.2) is 18.5 Å². The van der Waals surface area contributed by atoms with Gasteiger partial charge in [-0.25, -0.2) is 18.7 Å². The normalized spacial score (nSPS) is 10.8. The molecule has 1 aromatic heterocycles. The molecule has 0 spiro atoms. The van der Waals surface area contributed by atoms with E-state index >= 15 is 0 Å². The van der Waals surface area contributed by atoms with Crippen molar-refractivity contribution in [2.75, 3.05) is 0 Å². The summed E-state index contributed by atoms with van der Waals surface area (Å²) in [4.78, 5) is 7.52. The zero-order valence-electron chi connectivity index (χ0n) is 7.04. The summed E-state index contributed by atoms with van der Waals surface area (Å²) >= 11 is 3.99. The number of nitrogens with zero attached hydrogens (tertiary/aromatic N) is 2. The van der Waals surface area contributed by atoms with E-state index in [-0.39, 0.29) is 16.7 Å². The molecule has 0 aliphatic heterocycles. The van der Waals surface area contributed by atoms with E-state index in [9.17, 15) is 8.78 Å². The third kappa shape index (κ3) is 1.33. The fourth-order valence-corrected chi connectivity index (χ4v) is 1.52. The minimum Gasteiger partial charge on any atom is -0.240 e. The van der Waals surface area contributed by atoms with Gasteiger partial charge in [0.2, 0.25) is 0 Å². The van der Waals surface area contributed by atoms with Gasteiger partial charge in [0.25, 0.3) is 0 Å². The molecule has 1 aromatic carbocycles. The lowest BCUT2D eigenvalue weighted by atomic mass is 10.2. The smallest absolute Gasteiger partial charge is 0.149 e. The van der Waals surface area contributed by atoms with Crippen molar-refractivity contribution >= 4 is 23.5 Å². The van der Waals surface area contributed by atoms with Gasteiger partial charge in [-0.2, -0.15) is 12.6 Å². The number of hydrogen-bond donors (Lipinski definition) is 1. The molecule has 0 fully saturated rings. The molecule has 0 unspecified atom stereocenters. The molecule has 5 heteroatoms. The highest BCUT2D eigenvalue weighted by Crippen LogP contribution is 2.21. The Hall–Kier alpha value is -1.23. The average Bonchev–Trinajstić information content (AvgIpc) is 2.23. The molecule has 0 saturated carbocycles. The second-order valence-electron chi connectivity index (χ2n) is 2.73. The standard InChI is InChI=1S/C9H6F2N2S/c10-5-1-2-6(11)9-8(5)7(3-14)12-4-13-9/h1-2,4,14H,3H2. The Morgan fingerprint density at radius 3 is 2.57 bits per heavy atom. The van der Waals surface area contributed by atoms with Crippen LogP contribution in [-0.2, 0) is 5.75 Å². The minimum absolute atomic E-state index is 0.00375. The third-order valence-electron chi connectivity index (χ3n) is 1.92. The van der Waals surface area contributed by atoms with Crippen LogP contribution < -0.4 is 0 Å². The van der Waals surface area contributed by atoms with Crippen molar-refractivity contribution in [1.82, 2.24) is 9.97 Å². The van der Waals surface area contributed by atoms with E-state index < -0.39 is 11.6 Å². The van der Waals surface area contributed by atoms with Crippen molar-refractivity contribution in [3.8, 4) is 0 Å². The van der Waals surface area contributed by atoms with E-state index in [1.54, 1.807) is 0 Å². The molecule has 14 heavy (non-hydrogen) atoms. The molecule has 0 atom stereocenters. The lowest BCUT2D eigenvalue weighted by molar-refractivity contribution is 0.614. The average molecular weight is 212 g/mol. The Morgan fingerprint density at radius 1 is 1.14 bits per heavy atom. The van der Waals surface area contributed by atoms with Gasteiger partial charge >= 0.3 is 0 Å². The molecule has 2 aromatic rings. The Labute approximate surface area is 84.4 Å². The summed E-state index contributed by atoms with van der Waals surface area (Å²) in [7, 11) is 0. The topological polar surface area (TPSA) is 25.8 Å². The SMILES string of the molecule is Fc1ccc(F)c2c(CS)ncnc12. The van der Waals surface area contributed by atoms with E-state index in [4.69, 9.17) is 0 Å². The molecular formula is C9H6F2N2S. The summed E-state index contributed by atoms with van der Waals surface area (Å²) in [6.45, 7) is 0. The van der Waals surface area contributed by atoms with Gasteiger partial charge in [0.15, 0.2) is 0 Å². The van der Waals surface area contributed by atoms with Crippen LogP contribution in [-0.4, -0.2) is 9.97 Å². The van der Waals surface area contributed by atoms with Gasteiger partial charge in [0.05, 0.1) is 11.1 Å². The molecule has 0 radical (unpaired) electrons. The number of thiol groups is 1. The van der Waals surface area contributed by atoms with Gasteiger partial charge in [0.1, 0.15) is 23.5 Å². The zero-order chi connectivity index (χ0) is 10.1. The Bertz CT molecular complexity index is 487. The molecule has 72 valence electrons. The molecule has 0 amide bonds. The summed E-state index contributed by atoms with van der Waals surface area (Å²) in [6, 6.07) is 2.11. The van der Waals surface area contributed by atoms with Crippen molar-refractivity contribution in [2.45, 2.75) is 5.75 Å². The third-order valence-corrected chi connectivity index (χ3v) is 2.22. The van der Waals surface area contributed by atoms with E-state index in [2.05, 4.69) is 22.6 Å². The second kappa shape index (κ2) is 3.49. The quantitative estimate of drug-likeness (QED) is 0.734. The second-order valence-corrected chi connectivity index (χ2v) is 3.05.